The van der Waals surface area contributed by atoms with Gasteiger partial charge in [-0.2, -0.15) is 8.42 Å². The lowest BCUT2D eigenvalue weighted by atomic mass is 9.97. The van der Waals surface area contributed by atoms with Crippen LogP contribution in [0.3, 0.4) is 0 Å². The zero-order valence-electron chi connectivity index (χ0n) is 13.3. The van der Waals surface area contributed by atoms with E-state index < -0.39 is 71.8 Å². The molecule has 1 unspecified atom stereocenters. The van der Waals surface area contributed by atoms with Gasteiger partial charge in [0, 0.05) is 0 Å². The first kappa shape index (κ1) is 20.9. The standard InChI is InChI=1S/C12H22O12S/c1-3-5(13)10(8(16)11(17)21-3)23-12-7(15)6(14)9(4(2)22-12)24-25(18,19)20/h3-17H,1-2H3,(H,18,19,20)/t3-,4-,5+,6-,7-,8-,9+,10+,11?,12-/m0/s1. The summed E-state index contributed by atoms with van der Waals surface area (Å²) in [5, 5.41) is 49.5. The van der Waals surface area contributed by atoms with E-state index in [0.29, 0.717) is 0 Å². The van der Waals surface area contributed by atoms with Crippen molar-refractivity contribution in [3.8, 4) is 0 Å². The molecule has 0 saturated carbocycles. The van der Waals surface area contributed by atoms with E-state index in [1.165, 1.54) is 13.8 Å². The fourth-order valence-corrected chi connectivity index (χ4v) is 3.27. The third-order valence-corrected chi connectivity index (χ3v) is 4.57. The third kappa shape index (κ3) is 4.64. The topological polar surface area (TPSA) is 192 Å². The first-order chi connectivity index (χ1) is 11.4. The van der Waals surface area contributed by atoms with Gasteiger partial charge in [-0.3, -0.25) is 4.55 Å². The Morgan fingerprint density at radius 3 is 1.96 bits per heavy atom. The molecule has 6 N–H and O–H groups in total. The minimum absolute atomic E-state index is 0.901. The van der Waals surface area contributed by atoms with Crippen LogP contribution >= 0.6 is 0 Å². The van der Waals surface area contributed by atoms with Gasteiger partial charge in [-0.25, -0.2) is 4.18 Å². The van der Waals surface area contributed by atoms with Gasteiger partial charge in [0.2, 0.25) is 0 Å². The number of hydrogen-bond acceptors (Lipinski definition) is 11. The number of aliphatic hydroxyl groups is 5. The minimum Gasteiger partial charge on any atom is -0.388 e. The predicted octanol–water partition coefficient (Wildman–Crippen LogP) is -3.51. The Labute approximate surface area is 143 Å². The Morgan fingerprint density at radius 1 is 0.800 bits per heavy atom. The van der Waals surface area contributed by atoms with E-state index in [0.717, 1.165) is 0 Å². The fourth-order valence-electron chi connectivity index (χ4n) is 2.72. The van der Waals surface area contributed by atoms with Crippen molar-refractivity contribution < 1.29 is 56.9 Å². The van der Waals surface area contributed by atoms with Crippen molar-refractivity contribution in [1.82, 2.24) is 0 Å². The van der Waals surface area contributed by atoms with Gasteiger partial charge in [0.25, 0.3) is 0 Å². The molecule has 10 atom stereocenters. The molecular weight excluding hydrogens is 368 g/mol. The number of aliphatic hydroxyl groups excluding tert-OH is 5. The Hall–Kier alpha value is -0.450. The molecule has 2 aliphatic heterocycles. The van der Waals surface area contributed by atoms with E-state index in [-0.39, 0.29) is 0 Å². The van der Waals surface area contributed by atoms with E-state index in [2.05, 4.69) is 4.18 Å². The Kier molecular flexibility index (Phi) is 6.39. The van der Waals surface area contributed by atoms with Gasteiger partial charge in [-0.15, -0.1) is 0 Å². The van der Waals surface area contributed by atoms with Crippen LogP contribution in [0.1, 0.15) is 13.8 Å². The second-order valence-corrected chi connectivity index (χ2v) is 7.04. The lowest BCUT2D eigenvalue weighted by Gasteiger charge is -2.45. The summed E-state index contributed by atoms with van der Waals surface area (Å²) >= 11 is 0. The summed E-state index contributed by atoms with van der Waals surface area (Å²) in [6.45, 7) is 2.71. The minimum atomic E-state index is -4.91. The smallest absolute Gasteiger partial charge is 0.388 e. The lowest BCUT2D eigenvalue weighted by molar-refractivity contribution is -0.348. The van der Waals surface area contributed by atoms with Gasteiger partial charge in [-0.05, 0) is 13.8 Å². The summed E-state index contributed by atoms with van der Waals surface area (Å²) < 4.78 is 50.0. The molecule has 12 nitrogen and oxygen atoms in total. The van der Waals surface area contributed by atoms with Crippen molar-refractivity contribution in [2.24, 2.45) is 0 Å². The Morgan fingerprint density at radius 2 is 1.40 bits per heavy atom. The molecule has 148 valence electrons. The van der Waals surface area contributed by atoms with Crippen LogP contribution in [0.2, 0.25) is 0 Å². The molecular formula is C12H22O12S. The highest BCUT2D eigenvalue weighted by Gasteiger charge is 2.50. The van der Waals surface area contributed by atoms with Crippen LogP contribution < -0.4 is 0 Å². The predicted molar refractivity (Wildman–Crippen MR) is 76.2 cm³/mol. The largest absolute Gasteiger partial charge is 0.397 e. The van der Waals surface area contributed by atoms with E-state index in [1.54, 1.807) is 0 Å². The molecule has 2 rings (SSSR count). The van der Waals surface area contributed by atoms with Crippen LogP contribution in [0, 0.1) is 0 Å². The summed E-state index contributed by atoms with van der Waals surface area (Å²) in [5.74, 6) is 0. The molecule has 0 radical (unpaired) electrons. The highest BCUT2D eigenvalue weighted by molar-refractivity contribution is 7.80. The summed E-state index contributed by atoms with van der Waals surface area (Å²) in [5.41, 5.74) is 0. The maximum absolute atomic E-state index is 10.8. The molecule has 2 saturated heterocycles. The normalized spacial score (nSPS) is 49.1. The molecule has 0 aromatic heterocycles. The maximum atomic E-state index is 10.8. The van der Waals surface area contributed by atoms with Crippen molar-refractivity contribution >= 4 is 10.4 Å². The zero-order valence-corrected chi connectivity index (χ0v) is 14.1. The van der Waals surface area contributed by atoms with E-state index >= 15 is 0 Å². The van der Waals surface area contributed by atoms with Crippen molar-refractivity contribution in [2.45, 2.75) is 75.3 Å². The average Bonchev–Trinajstić information content (AvgIpc) is 2.50. The van der Waals surface area contributed by atoms with Crippen LogP contribution in [0.4, 0.5) is 0 Å². The maximum Gasteiger partial charge on any atom is 0.397 e. The molecule has 2 fully saturated rings. The van der Waals surface area contributed by atoms with Crippen LogP contribution in [0.5, 0.6) is 0 Å². The van der Waals surface area contributed by atoms with Crippen LogP contribution in [0.25, 0.3) is 0 Å². The molecule has 13 heteroatoms. The van der Waals surface area contributed by atoms with Gasteiger partial charge in [-0.1, -0.05) is 0 Å². The van der Waals surface area contributed by atoms with Gasteiger partial charge >= 0.3 is 10.4 Å². The summed E-state index contributed by atoms with van der Waals surface area (Å²) in [6.07, 6.45) is -15.0. The van der Waals surface area contributed by atoms with Gasteiger partial charge in [0.05, 0.1) is 12.2 Å². The highest BCUT2D eigenvalue weighted by atomic mass is 32.3. The molecule has 2 aliphatic rings. The average molecular weight is 390 g/mol. The molecule has 0 spiro atoms. The summed E-state index contributed by atoms with van der Waals surface area (Å²) in [7, 11) is -4.91. The molecule has 0 aromatic carbocycles. The fraction of sp³-hybridized carbons (Fsp3) is 1.00. The zero-order chi connectivity index (χ0) is 19.1. The first-order valence-corrected chi connectivity index (χ1v) is 8.81. The number of rotatable bonds is 4. The lowest BCUT2D eigenvalue weighted by Crippen LogP contribution is -2.63. The van der Waals surface area contributed by atoms with E-state index in [4.69, 9.17) is 18.8 Å². The monoisotopic (exact) mass is 390 g/mol. The summed E-state index contributed by atoms with van der Waals surface area (Å²) in [4.78, 5) is 0. The van der Waals surface area contributed by atoms with E-state index in [1.807, 2.05) is 0 Å². The van der Waals surface area contributed by atoms with Crippen molar-refractivity contribution in [3.05, 3.63) is 0 Å². The van der Waals surface area contributed by atoms with Crippen LogP contribution in [-0.4, -0.2) is 99.9 Å². The Bertz CT molecular complexity index is 540. The number of hydrogen-bond donors (Lipinski definition) is 6. The second kappa shape index (κ2) is 7.66. The quantitative estimate of drug-likeness (QED) is 0.260. The van der Waals surface area contributed by atoms with Crippen LogP contribution in [-0.2, 0) is 28.8 Å². The molecule has 25 heavy (non-hydrogen) atoms. The first-order valence-electron chi connectivity index (χ1n) is 7.44. The molecule has 0 aromatic rings. The second-order valence-electron chi connectivity index (χ2n) is 5.99. The summed E-state index contributed by atoms with van der Waals surface area (Å²) in [6, 6.07) is 0. The van der Waals surface area contributed by atoms with Crippen LogP contribution in [0.15, 0.2) is 0 Å². The SMILES string of the molecule is C[C@@H]1OC(O)[C@@H](O)[C@H](O[C@@H]2O[C@@H](C)[C@@H](OS(=O)(=O)O)[C@@H](O)[C@@H]2O)[C@@H]1O. The van der Waals surface area contributed by atoms with Crippen molar-refractivity contribution in [1.29, 1.82) is 0 Å². The molecule has 0 aliphatic carbocycles. The van der Waals surface area contributed by atoms with Gasteiger partial charge in [0.1, 0.15) is 36.6 Å². The Balaban J connectivity index is 2.11. The highest BCUT2D eigenvalue weighted by Crippen LogP contribution is 2.29. The van der Waals surface area contributed by atoms with Crippen molar-refractivity contribution in [2.75, 3.05) is 0 Å². The van der Waals surface area contributed by atoms with Crippen molar-refractivity contribution in [3.63, 3.8) is 0 Å². The molecule has 2 heterocycles. The van der Waals surface area contributed by atoms with Gasteiger partial charge in [0.15, 0.2) is 12.6 Å². The van der Waals surface area contributed by atoms with E-state index in [9.17, 15) is 34.0 Å². The van der Waals surface area contributed by atoms with Gasteiger partial charge < -0.3 is 39.7 Å². The third-order valence-electron chi connectivity index (χ3n) is 4.10. The number of ether oxygens (including phenoxy) is 3. The molecule has 0 amide bonds. The molecule has 0 bridgehead atoms.